The van der Waals surface area contributed by atoms with E-state index in [0.717, 1.165) is 68.6 Å². The molecule has 2 heterocycles. The lowest BCUT2D eigenvalue weighted by atomic mass is 9.84. The zero-order valence-corrected chi connectivity index (χ0v) is 33.0. The molecule has 3 nitrogen and oxygen atoms in total. The molecule has 0 N–H and O–H groups in total. The van der Waals surface area contributed by atoms with Crippen LogP contribution in [0.25, 0.3) is 6.08 Å². The molecule has 3 aromatic rings. The molecule has 0 aliphatic carbocycles. The van der Waals surface area contributed by atoms with Crippen molar-refractivity contribution < 1.29 is 0 Å². The Bertz CT molecular complexity index is 1450. The number of pyridine rings is 1. The highest BCUT2D eigenvalue weighted by Gasteiger charge is 2.40. The van der Waals surface area contributed by atoms with Crippen LogP contribution in [0.15, 0.2) is 64.8 Å². The van der Waals surface area contributed by atoms with Crippen molar-refractivity contribution in [3.05, 3.63) is 103 Å². The summed E-state index contributed by atoms with van der Waals surface area (Å²) in [5.41, 5.74) is 7.89. The van der Waals surface area contributed by atoms with Gasteiger partial charge in [0.2, 0.25) is 0 Å². The van der Waals surface area contributed by atoms with E-state index in [-0.39, 0.29) is 0 Å². The fraction of sp³-hybridized carbons (Fsp3) is 0.488. The molecular weight excluding hydrogens is 676 g/mol. The molecule has 1 aromatic heterocycles. The molecule has 0 unspecified atom stereocenters. The lowest BCUT2D eigenvalue weighted by molar-refractivity contribution is 0.622. The number of anilines is 2. The van der Waals surface area contributed by atoms with E-state index in [2.05, 4.69) is 102 Å². The maximum absolute atomic E-state index is 7.58. The molecule has 0 spiro atoms. The molecule has 0 saturated carbocycles. The minimum Gasteiger partial charge on any atom is -0.283 e. The van der Waals surface area contributed by atoms with E-state index in [1.165, 1.54) is 22.3 Å². The number of nitrogens with zero attached hydrogens (tertiary/aromatic N) is 3. The van der Waals surface area contributed by atoms with Gasteiger partial charge in [0, 0.05) is 12.3 Å². The van der Waals surface area contributed by atoms with Crippen LogP contribution in [0.1, 0.15) is 158 Å². The van der Waals surface area contributed by atoms with E-state index >= 15 is 0 Å². The molecular formula is C41H53Cl4N3. The second-order valence-electron chi connectivity index (χ2n) is 12.9. The first-order chi connectivity index (χ1) is 23.2. The van der Waals surface area contributed by atoms with Crippen LogP contribution >= 0.6 is 46.4 Å². The van der Waals surface area contributed by atoms with Crippen LogP contribution < -0.4 is 9.80 Å². The van der Waals surface area contributed by atoms with E-state index in [1.54, 1.807) is 12.3 Å². The highest BCUT2D eigenvalue weighted by molar-refractivity contribution is 6.44. The Labute approximate surface area is 310 Å². The Kier molecular flexibility index (Phi) is 14.2. The first-order valence-electron chi connectivity index (χ1n) is 18.1. The number of rotatable bonds is 15. The predicted octanol–water partition coefficient (Wildman–Crippen LogP) is 14.9. The monoisotopic (exact) mass is 727 g/mol. The summed E-state index contributed by atoms with van der Waals surface area (Å²) in [6.45, 7) is 18.1. The van der Waals surface area contributed by atoms with Crippen molar-refractivity contribution in [1.29, 1.82) is 0 Å². The average Bonchev–Trinajstić information content (AvgIpc) is 3.33. The number of benzene rings is 2. The Morgan fingerprint density at radius 1 is 0.542 bits per heavy atom. The Morgan fingerprint density at radius 3 is 1.19 bits per heavy atom. The van der Waals surface area contributed by atoms with E-state index in [9.17, 15) is 0 Å². The molecule has 0 radical (unpaired) electrons. The van der Waals surface area contributed by atoms with Crippen LogP contribution in [0.2, 0.25) is 10.0 Å². The minimum atomic E-state index is 0.345. The van der Waals surface area contributed by atoms with Gasteiger partial charge in [-0.15, -0.1) is 0 Å². The van der Waals surface area contributed by atoms with Gasteiger partial charge in [0.15, 0.2) is 10.3 Å². The second-order valence-corrected chi connectivity index (χ2v) is 14.4. The Hall–Kier alpha value is -2.17. The summed E-state index contributed by atoms with van der Waals surface area (Å²) in [5.74, 6) is 2.18. The van der Waals surface area contributed by atoms with Gasteiger partial charge in [0.05, 0.1) is 27.1 Å². The third-order valence-electron chi connectivity index (χ3n) is 10.5. The van der Waals surface area contributed by atoms with Gasteiger partial charge in [0.25, 0.3) is 0 Å². The van der Waals surface area contributed by atoms with E-state index < -0.39 is 0 Å². The molecule has 2 aromatic carbocycles. The highest BCUT2D eigenvalue weighted by atomic mass is 35.5. The van der Waals surface area contributed by atoms with Crippen LogP contribution in [0.5, 0.6) is 0 Å². The zero-order valence-electron chi connectivity index (χ0n) is 30.0. The van der Waals surface area contributed by atoms with Gasteiger partial charge in [-0.1, -0.05) is 138 Å². The first-order valence-corrected chi connectivity index (χ1v) is 19.6. The molecule has 0 atom stereocenters. The van der Waals surface area contributed by atoms with Gasteiger partial charge in [-0.3, -0.25) is 14.8 Å². The van der Waals surface area contributed by atoms with Crippen LogP contribution in [0.4, 0.5) is 11.4 Å². The molecule has 4 rings (SSSR count). The van der Waals surface area contributed by atoms with Gasteiger partial charge in [-0.2, -0.15) is 0 Å². The molecule has 0 bridgehead atoms. The third-order valence-corrected chi connectivity index (χ3v) is 12.1. The number of hydrogen-bond donors (Lipinski definition) is 0. The summed E-state index contributed by atoms with van der Waals surface area (Å²) in [4.78, 5) is 9.09. The fourth-order valence-electron chi connectivity index (χ4n) is 7.61. The highest BCUT2D eigenvalue weighted by Crippen LogP contribution is 2.53. The summed E-state index contributed by atoms with van der Waals surface area (Å²) in [6, 6.07) is 15.2. The first kappa shape index (κ1) is 38.6. The van der Waals surface area contributed by atoms with E-state index in [0.29, 0.717) is 49.7 Å². The van der Waals surface area contributed by atoms with Gasteiger partial charge in [0.1, 0.15) is 5.82 Å². The summed E-state index contributed by atoms with van der Waals surface area (Å²) < 4.78 is 0. The smallest absolute Gasteiger partial charge is 0.151 e. The summed E-state index contributed by atoms with van der Waals surface area (Å²) >= 11 is 28.6. The van der Waals surface area contributed by atoms with Crippen molar-refractivity contribution in [1.82, 2.24) is 4.98 Å². The minimum absolute atomic E-state index is 0.345. The van der Waals surface area contributed by atoms with E-state index in [1.807, 2.05) is 6.08 Å². The third kappa shape index (κ3) is 7.46. The van der Waals surface area contributed by atoms with Crippen molar-refractivity contribution in [3.8, 4) is 0 Å². The molecule has 0 saturated heterocycles. The normalized spacial score (nSPS) is 13.8. The zero-order chi connectivity index (χ0) is 35.1. The summed E-state index contributed by atoms with van der Waals surface area (Å²) in [7, 11) is 0. The molecule has 7 heteroatoms. The van der Waals surface area contributed by atoms with Crippen LogP contribution in [-0.4, -0.2) is 4.98 Å². The van der Waals surface area contributed by atoms with Crippen molar-refractivity contribution in [2.75, 3.05) is 9.80 Å². The Balaban J connectivity index is 2.20. The van der Waals surface area contributed by atoms with Crippen LogP contribution in [-0.2, 0) is 0 Å². The van der Waals surface area contributed by atoms with Gasteiger partial charge in [-0.05, 0) is 103 Å². The average molecular weight is 730 g/mol. The van der Waals surface area contributed by atoms with Gasteiger partial charge < -0.3 is 0 Å². The van der Waals surface area contributed by atoms with Crippen molar-refractivity contribution in [3.63, 3.8) is 0 Å². The second kappa shape index (κ2) is 17.7. The van der Waals surface area contributed by atoms with Crippen LogP contribution in [0.3, 0.4) is 0 Å². The quantitative estimate of drug-likeness (QED) is 0.145. The lowest BCUT2D eigenvalue weighted by Gasteiger charge is -2.35. The molecule has 1 aliphatic heterocycles. The van der Waals surface area contributed by atoms with Crippen LogP contribution in [0, 0.1) is 0 Å². The molecule has 48 heavy (non-hydrogen) atoms. The topological polar surface area (TPSA) is 19.4 Å². The number of halogens is 4. The number of hydrogen-bond acceptors (Lipinski definition) is 3. The number of para-hydroxylation sites is 2. The predicted molar refractivity (Wildman–Crippen MR) is 212 cm³/mol. The van der Waals surface area contributed by atoms with Crippen molar-refractivity contribution >= 4 is 63.9 Å². The van der Waals surface area contributed by atoms with Crippen molar-refractivity contribution in [2.24, 2.45) is 0 Å². The van der Waals surface area contributed by atoms with E-state index in [4.69, 9.17) is 51.4 Å². The summed E-state index contributed by atoms with van der Waals surface area (Å²) in [5, 5.41) is 1.79. The number of aromatic nitrogens is 1. The summed E-state index contributed by atoms with van der Waals surface area (Å²) in [6.07, 6.45) is 11.8. The van der Waals surface area contributed by atoms with Crippen molar-refractivity contribution in [2.45, 2.75) is 130 Å². The Morgan fingerprint density at radius 2 is 0.875 bits per heavy atom. The maximum Gasteiger partial charge on any atom is 0.151 e. The van der Waals surface area contributed by atoms with Gasteiger partial charge in [-0.25, -0.2) is 0 Å². The fourth-order valence-corrected chi connectivity index (χ4v) is 8.44. The standard InChI is InChI=1S/C41H53Cl4N3/c1-9-26(10-2)30-19-17-20-31(27(11-3)12-4)38(30)47-36(25-35-37(43)34(42)23-24-46-35)48(41(45)40(47)44)39-32(28(13-5)14-6)21-18-22-33(39)29(15-7)16-8/h17-29H,9-16H2,1-8H3. The SMILES string of the molecule is CCC(CC)c1cccc(C(CC)CC)c1N1C(=Cc2nccc(Cl)c2Cl)N(c2c(C(CC)CC)cccc2C(CC)CC)C(Cl)=C1Cl. The van der Waals surface area contributed by atoms with Gasteiger partial charge >= 0.3 is 0 Å². The lowest BCUT2D eigenvalue weighted by Crippen LogP contribution is -2.28. The maximum atomic E-state index is 7.58. The molecule has 0 amide bonds. The molecule has 1 aliphatic rings. The molecule has 260 valence electrons. The largest absolute Gasteiger partial charge is 0.283 e. The molecule has 0 fully saturated rings.